The summed E-state index contributed by atoms with van der Waals surface area (Å²) in [6, 6.07) is 2.52. The molecule has 0 amide bonds. The van der Waals surface area contributed by atoms with Crippen molar-refractivity contribution in [3.63, 3.8) is 0 Å². The summed E-state index contributed by atoms with van der Waals surface area (Å²) in [4.78, 5) is 2.23. The Morgan fingerprint density at radius 1 is 1.37 bits per heavy atom. The van der Waals surface area contributed by atoms with Crippen molar-refractivity contribution in [2.75, 3.05) is 27.3 Å². The number of likely N-dealkylation sites (N-methyl/N-ethyl adjacent to an activating group) is 1. The lowest BCUT2D eigenvalue weighted by molar-refractivity contribution is 0.108. The van der Waals surface area contributed by atoms with E-state index >= 15 is 0 Å². The Morgan fingerprint density at radius 3 is 2.74 bits per heavy atom. The van der Waals surface area contributed by atoms with E-state index < -0.39 is 0 Å². The fraction of sp³-hybridized carbons (Fsp3) is 0.733. The van der Waals surface area contributed by atoms with Crippen molar-refractivity contribution >= 4 is 0 Å². The second kappa shape index (κ2) is 8.35. The lowest BCUT2D eigenvalue weighted by Gasteiger charge is -2.22. The molecule has 1 heterocycles. The first-order valence-corrected chi connectivity index (χ1v) is 6.99. The van der Waals surface area contributed by atoms with E-state index in [4.69, 9.17) is 9.15 Å². The van der Waals surface area contributed by atoms with Gasteiger partial charge < -0.3 is 14.5 Å². The fourth-order valence-corrected chi connectivity index (χ4v) is 1.88. The quantitative estimate of drug-likeness (QED) is 0.746. The highest BCUT2D eigenvalue weighted by Gasteiger charge is 2.11. The average molecular weight is 268 g/mol. The number of furan rings is 1. The lowest BCUT2D eigenvalue weighted by Crippen LogP contribution is -2.32. The van der Waals surface area contributed by atoms with Gasteiger partial charge in [0.15, 0.2) is 0 Å². The first-order valence-electron chi connectivity index (χ1n) is 6.99. The topological polar surface area (TPSA) is 37.6 Å². The maximum Gasteiger partial charge on any atom is 0.118 e. The Kier molecular flexibility index (Phi) is 7.13. The van der Waals surface area contributed by atoms with Gasteiger partial charge in [0.1, 0.15) is 5.76 Å². The molecule has 4 nitrogen and oxygen atoms in total. The molecule has 0 saturated carbocycles. The highest BCUT2D eigenvalue weighted by molar-refractivity contribution is 5.12. The largest absolute Gasteiger partial charge is 0.468 e. The van der Waals surface area contributed by atoms with E-state index in [0.717, 1.165) is 32.0 Å². The molecule has 0 aromatic carbocycles. The van der Waals surface area contributed by atoms with E-state index in [0.29, 0.717) is 12.0 Å². The van der Waals surface area contributed by atoms with Crippen LogP contribution >= 0.6 is 0 Å². The molecule has 0 aliphatic carbocycles. The third-order valence-corrected chi connectivity index (χ3v) is 3.16. The van der Waals surface area contributed by atoms with E-state index in [9.17, 15) is 0 Å². The minimum absolute atomic E-state index is 0.387. The molecule has 110 valence electrons. The second-order valence-corrected chi connectivity index (χ2v) is 5.67. The van der Waals surface area contributed by atoms with Crippen LogP contribution in [0, 0.1) is 5.92 Å². The molecule has 1 N–H and O–H groups in total. The van der Waals surface area contributed by atoms with Crippen LogP contribution in [0.2, 0.25) is 0 Å². The van der Waals surface area contributed by atoms with Crippen molar-refractivity contribution in [2.24, 2.45) is 5.92 Å². The predicted molar refractivity (Wildman–Crippen MR) is 78.1 cm³/mol. The highest BCUT2D eigenvalue weighted by Crippen LogP contribution is 2.11. The number of ether oxygens (including phenoxy) is 1. The molecule has 0 bridgehead atoms. The van der Waals surface area contributed by atoms with E-state index in [2.05, 4.69) is 44.1 Å². The molecule has 19 heavy (non-hydrogen) atoms. The Hall–Kier alpha value is -0.840. The molecule has 1 aromatic rings. The number of hydrogen-bond acceptors (Lipinski definition) is 4. The van der Waals surface area contributed by atoms with Gasteiger partial charge in [-0.2, -0.15) is 0 Å². The van der Waals surface area contributed by atoms with Gasteiger partial charge >= 0.3 is 0 Å². The normalized spacial score (nSPS) is 13.4. The Bertz CT molecular complexity index is 350. The highest BCUT2D eigenvalue weighted by atomic mass is 16.5. The summed E-state index contributed by atoms with van der Waals surface area (Å²) >= 11 is 0. The minimum Gasteiger partial charge on any atom is -0.468 e. The van der Waals surface area contributed by atoms with Gasteiger partial charge in [-0.05, 0) is 32.5 Å². The molecule has 0 radical (unpaired) electrons. The molecule has 1 unspecified atom stereocenters. The molecule has 0 spiro atoms. The van der Waals surface area contributed by atoms with Crippen molar-refractivity contribution in [3.8, 4) is 0 Å². The summed E-state index contributed by atoms with van der Waals surface area (Å²) in [5, 5.41) is 3.42. The lowest BCUT2D eigenvalue weighted by atomic mass is 10.2. The van der Waals surface area contributed by atoms with Crippen molar-refractivity contribution in [1.29, 1.82) is 0 Å². The van der Waals surface area contributed by atoms with Crippen LogP contribution in [-0.2, 0) is 17.8 Å². The summed E-state index contributed by atoms with van der Waals surface area (Å²) in [5.74, 6) is 1.68. The van der Waals surface area contributed by atoms with E-state index in [1.807, 2.05) is 6.26 Å². The van der Waals surface area contributed by atoms with Gasteiger partial charge in [0, 0.05) is 25.3 Å². The first kappa shape index (κ1) is 16.2. The van der Waals surface area contributed by atoms with Gasteiger partial charge in [-0.15, -0.1) is 0 Å². The summed E-state index contributed by atoms with van der Waals surface area (Å²) in [6.45, 7) is 10.0. The van der Waals surface area contributed by atoms with Crippen molar-refractivity contribution in [1.82, 2.24) is 10.2 Å². The first-order chi connectivity index (χ1) is 9.02. The standard InChI is InChI=1S/C15H28N2O2/c1-12(2)7-16-8-14-6-15(19-11-14)9-17(4)13(3)10-18-5/h6,11-13,16H,7-10H2,1-5H3. The molecular formula is C15H28N2O2. The van der Waals surface area contributed by atoms with Gasteiger partial charge in [0.25, 0.3) is 0 Å². The van der Waals surface area contributed by atoms with Crippen LogP contribution in [0.15, 0.2) is 16.7 Å². The zero-order valence-electron chi connectivity index (χ0n) is 12.9. The molecular weight excluding hydrogens is 240 g/mol. The zero-order chi connectivity index (χ0) is 14.3. The molecule has 0 fully saturated rings. The fourth-order valence-electron chi connectivity index (χ4n) is 1.88. The molecule has 1 atom stereocenters. The Balaban J connectivity index is 2.37. The van der Waals surface area contributed by atoms with Gasteiger partial charge in [0.05, 0.1) is 19.4 Å². The molecule has 1 rings (SSSR count). The maximum absolute atomic E-state index is 5.60. The second-order valence-electron chi connectivity index (χ2n) is 5.67. The Morgan fingerprint density at radius 2 is 2.11 bits per heavy atom. The predicted octanol–water partition coefficient (Wildman–Crippen LogP) is 2.49. The van der Waals surface area contributed by atoms with Crippen LogP contribution in [0.25, 0.3) is 0 Å². The summed E-state index contributed by atoms with van der Waals surface area (Å²) in [6.07, 6.45) is 1.84. The molecule has 4 heteroatoms. The van der Waals surface area contributed by atoms with Crippen LogP contribution in [0.5, 0.6) is 0 Å². The van der Waals surface area contributed by atoms with Gasteiger partial charge in [-0.3, -0.25) is 4.90 Å². The van der Waals surface area contributed by atoms with E-state index in [-0.39, 0.29) is 0 Å². The number of nitrogens with one attached hydrogen (secondary N) is 1. The van der Waals surface area contributed by atoms with Crippen LogP contribution in [0.3, 0.4) is 0 Å². The van der Waals surface area contributed by atoms with Crippen LogP contribution in [0.1, 0.15) is 32.1 Å². The zero-order valence-corrected chi connectivity index (χ0v) is 12.9. The van der Waals surface area contributed by atoms with E-state index in [1.54, 1.807) is 7.11 Å². The van der Waals surface area contributed by atoms with Crippen molar-refractivity contribution in [3.05, 3.63) is 23.7 Å². The van der Waals surface area contributed by atoms with Crippen molar-refractivity contribution in [2.45, 2.75) is 39.9 Å². The summed E-state index contributed by atoms with van der Waals surface area (Å²) in [5.41, 5.74) is 1.21. The van der Waals surface area contributed by atoms with Crippen LogP contribution in [0.4, 0.5) is 0 Å². The third-order valence-electron chi connectivity index (χ3n) is 3.16. The Labute approximate surface area is 117 Å². The number of rotatable bonds is 9. The summed E-state index contributed by atoms with van der Waals surface area (Å²) < 4.78 is 10.8. The monoisotopic (exact) mass is 268 g/mol. The number of hydrogen-bond donors (Lipinski definition) is 1. The molecule has 0 aliphatic rings. The summed E-state index contributed by atoms with van der Waals surface area (Å²) in [7, 11) is 3.82. The van der Waals surface area contributed by atoms with E-state index in [1.165, 1.54) is 5.56 Å². The number of methoxy groups -OCH3 is 1. The van der Waals surface area contributed by atoms with Crippen LogP contribution < -0.4 is 5.32 Å². The maximum atomic E-state index is 5.60. The van der Waals surface area contributed by atoms with Crippen LogP contribution in [-0.4, -0.2) is 38.3 Å². The van der Waals surface area contributed by atoms with Gasteiger partial charge in [-0.25, -0.2) is 0 Å². The van der Waals surface area contributed by atoms with Gasteiger partial charge in [0.2, 0.25) is 0 Å². The number of nitrogens with zero attached hydrogens (tertiary/aromatic N) is 1. The molecule has 1 aromatic heterocycles. The van der Waals surface area contributed by atoms with Gasteiger partial charge in [-0.1, -0.05) is 13.8 Å². The molecule has 0 aliphatic heterocycles. The average Bonchev–Trinajstić information content (AvgIpc) is 2.76. The minimum atomic E-state index is 0.387. The third kappa shape index (κ3) is 6.23. The smallest absolute Gasteiger partial charge is 0.118 e. The SMILES string of the molecule is COCC(C)N(C)Cc1cc(CNCC(C)C)co1. The molecule has 0 saturated heterocycles. The van der Waals surface area contributed by atoms with Crippen molar-refractivity contribution < 1.29 is 9.15 Å².